The van der Waals surface area contributed by atoms with Crippen LogP contribution < -0.4 is 9.96 Å². The van der Waals surface area contributed by atoms with Crippen LogP contribution in [0.3, 0.4) is 0 Å². The standard InChI is InChI=1S/C15H10N2O3.B/c16-10-11-4-6-12(7-5-11)20-15-3-1-2-14-13(15)8-9-19-17(14)18;/h1-9,18H;. The van der Waals surface area contributed by atoms with Crippen LogP contribution in [-0.4, -0.2) is 13.6 Å². The molecule has 0 atom stereocenters. The summed E-state index contributed by atoms with van der Waals surface area (Å²) in [5.41, 5.74) is 1.78. The lowest BCUT2D eigenvalue weighted by Crippen LogP contribution is -2.18. The largest absolute Gasteiger partial charge is 0.457 e. The van der Waals surface area contributed by atoms with Gasteiger partial charge in [0.25, 0.3) is 0 Å². The van der Waals surface area contributed by atoms with Gasteiger partial charge in [-0.15, -0.1) is 0 Å². The molecule has 0 saturated carbocycles. The predicted molar refractivity (Wildman–Crippen MR) is 77.8 cm³/mol. The Kier molecular flexibility index (Phi) is 4.17. The second kappa shape index (κ2) is 6.03. The third kappa shape index (κ3) is 2.83. The van der Waals surface area contributed by atoms with Crippen LogP contribution >= 0.6 is 0 Å². The van der Waals surface area contributed by atoms with E-state index in [1.165, 1.54) is 6.26 Å². The molecule has 101 valence electrons. The molecule has 0 spiro atoms. The van der Waals surface area contributed by atoms with Gasteiger partial charge in [0.15, 0.2) is 0 Å². The van der Waals surface area contributed by atoms with Crippen molar-refractivity contribution < 1.29 is 14.8 Å². The van der Waals surface area contributed by atoms with Gasteiger partial charge in [0, 0.05) is 14.0 Å². The molecule has 1 heterocycles. The first-order valence-electron chi connectivity index (χ1n) is 5.91. The zero-order valence-electron chi connectivity index (χ0n) is 10.9. The summed E-state index contributed by atoms with van der Waals surface area (Å²) in [4.78, 5) is 4.86. The minimum Gasteiger partial charge on any atom is -0.457 e. The molecular weight excluding hydrogens is 267 g/mol. The molecule has 0 aliphatic carbocycles. The van der Waals surface area contributed by atoms with Crippen LogP contribution in [0.2, 0.25) is 0 Å². The van der Waals surface area contributed by atoms with Crippen molar-refractivity contribution in [2.24, 2.45) is 0 Å². The van der Waals surface area contributed by atoms with Gasteiger partial charge in [0.05, 0.1) is 11.6 Å². The predicted octanol–water partition coefficient (Wildman–Crippen LogP) is 3.08. The molecule has 1 N–H and O–H groups in total. The Balaban J connectivity index is 0.00000161. The lowest BCUT2D eigenvalue weighted by Gasteiger charge is -2.22. The highest BCUT2D eigenvalue weighted by Crippen LogP contribution is 2.35. The van der Waals surface area contributed by atoms with Crippen molar-refractivity contribution in [2.75, 3.05) is 5.23 Å². The molecule has 0 unspecified atom stereocenters. The molecule has 1 aliphatic rings. The van der Waals surface area contributed by atoms with E-state index in [-0.39, 0.29) is 8.41 Å². The number of nitriles is 1. The molecule has 0 aromatic heterocycles. The highest BCUT2D eigenvalue weighted by molar-refractivity contribution is 5.75. The third-order valence-corrected chi connectivity index (χ3v) is 2.86. The Morgan fingerprint density at radius 1 is 1.14 bits per heavy atom. The lowest BCUT2D eigenvalue weighted by atomic mass is 10.1. The number of nitrogens with zero attached hydrogens (tertiary/aromatic N) is 2. The van der Waals surface area contributed by atoms with Crippen molar-refractivity contribution in [2.45, 2.75) is 0 Å². The van der Waals surface area contributed by atoms with Gasteiger partial charge in [-0.3, -0.25) is 5.21 Å². The zero-order valence-corrected chi connectivity index (χ0v) is 10.9. The van der Waals surface area contributed by atoms with E-state index in [9.17, 15) is 5.21 Å². The average Bonchev–Trinajstić information content (AvgIpc) is 2.49. The molecule has 21 heavy (non-hydrogen) atoms. The minimum absolute atomic E-state index is 0. The van der Waals surface area contributed by atoms with Crippen molar-refractivity contribution in [3.8, 4) is 17.6 Å². The maximum absolute atomic E-state index is 9.59. The molecular formula is C15H10BN2O3. The number of ether oxygens (including phenoxy) is 1. The topological polar surface area (TPSA) is 65.7 Å². The van der Waals surface area contributed by atoms with Crippen molar-refractivity contribution in [3.63, 3.8) is 0 Å². The Morgan fingerprint density at radius 3 is 2.62 bits per heavy atom. The fourth-order valence-electron chi connectivity index (χ4n) is 1.89. The Labute approximate surface area is 123 Å². The normalized spacial score (nSPS) is 11.7. The number of benzene rings is 2. The van der Waals surface area contributed by atoms with Crippen LogP contribution in [0, 0.1) is 11.3 Å². The molecule has 0 fully saturated rings. The summed E-state index contributed by atoms with van der Waals surface area (Å²) in [5, 5.41) is 19.0. The Bertz CT molecular complexity index is 708. The maximum atomic E-state index is 9.59. The smallest absolute Gasteiger partial charge is 0.137 e. The van der Waals surface area contributed by atoms with Gasteiger partial charge in [0.2, 0.25) is 0 Å². The monoisotopic (exact) mass is 277 g/mol. The maximum Gasteiger partial charge on any atom is 0.137 e. The number of fused-ring (bicyclic) bond motifs is 1. The zero-order chi connectivity index (χ0) is 13.9. The van der Waals surface area contributed by atoms with E-state index in [0.717, 1.165) is 0 Å². The van der Waals surface area contributed by atoms with Gasteiger partial charge in [-0.05, 0) is 42.5 Å². The molecule has 3 radical (unpaired) electrons. The van der Waals surface area contributed by atoms with Crippen molar-refractivity contribution in [3.05, 3.63) is 59.9 Å². The first-order chi connectivity index (χ1) is 9.78. The molecule has 0 bridgehead atoms. The molecule has 5 nitrogen and oxygen atoms in total. The quantitative estimate of drug-likeness (QED) is 0.854. The van der Waals surface area contributed by atoms with Gasteiger partial charge in [-0.1, -0.05) is 11.3 Å². The molecule has 0 amide bonds. The SMILES string of the molecule is N#Cc1ccc(Oc2cccc3c2C=CON3O)cc1.[B]. The highest BCUT2D eigenvalue weighted by Gasteiger charge is 2.16. The number of anilines is 1. The van der Waals surface area contributed by atoms with E-state index in [0.29, 0.717) is 33.5 Å². The average molecular weight is 277 g/mol. The third-order valence-electron chi connectivity index (χ3n) is 2.86. The fourth-order valence-corrected chi connectivity index (χ4v) is 1.89. The summed E-state index contributed by atoms with van der Waals surface area (Å²) >= 11 is 0. The Hall–Kier alpha value is -2.91. The molecule has 1 aliphatic heterocycles. The van der Waals surface area contributed by atoms with Crippen molar-refractivity contribution in [1.82, 2.24) is 0 Å². The van der Waals surface area contributed by atoms with Crippen LogP contribution in [0.5, 0.6) is 11.5 Å². The van der Waals surface area contributed by atoms with Crippen LogP contribution in [-0.2, 0) is 4.84 Å². The van der Waals surface area contributed by atoms with Gasteiger partial charge in [-0.25, -0.2) is 0 Å². The molecule has 6 heteroatoms. The lowest BCUT2D eigenvalue weighted by molar-refractivity contribution is 0.0133. The van der Waals surface area contributed by atoms with Gasteiger partial charge >= 0.3 is 0 Å². The molecule has 2 aromatic carbocycles. The highest BCUT2D eigenvalue weighted by atomic mass is 16.9. The van der Waals surface area contributed by atoms with Crippen LogP contribution in [0.4, 0.5) is 5.69 Å². The van der Waals surface area contributed by atoms with Crippen LogP contribution in [0.1, 0.15) is 11.1 Å². The second-order valence-electron chi connectivity index (χ2n) is 4.11. The van der Waals surface area contributed by atoms with Crippen LogP contribution in [0.25, 0.3) is 6.08 Å². The first kappa shape index (κ1) is 14.5. The summed E-state index contributed by atoms with van der Waals surface area (Å²) in [5.74, 6) is 1.20. The summed E-state index contributed by atoms with van der Waals surface area (Å²) in [6, 6.07) is 14.1. The number of hydrogen-bond donors (Lipinski definition) is 1. The number of hydrogen-bond acceptors (Lipinski definition) is 5. The summed E-state index contributed by atoms with van der Waals surface area (Å²) < 4.78 is 5.77. The molecule has 2 aromatic rings. The van der Waals surface area contributed by atoms with Gasteiger partial charge in [0.1, 0.15) is 23.4 Å². The molecule has 0 saturated heterocycles. The summed E-state index contributed by atoms with van der Waals surface area (Å²) in [6.45, 7) is 0. The van der Waals surface area contributed by atoms with E-state index >= 15 is 0 Å². The van der Waals surface area contributed by atoms with E-state index < -0.39 is 0 Å². The van der Waals surface area contributed by atoms with Crippen molar-refractivity contribution in [1.29, 1.82) is 5.26 Å². The second-order valence-corrected chi connectivity index (χ2v) is 4.11. The minimum atomic E-state index is 0. The fraction of sp³-hybridized carbons (Fsp3) is 0. The van der Waals surface area contributed by atoms with Crippen molar-refractivity contribution >= 4 is 20.2 Å². The van der Waals surface area contributed by atoms with E-state index in [2.05, 4.69) is 6.07 Å². The summed E-state index contributed by atoms with van der Waals surface area (Å²) in [7, 11) is 0. The Morgan fingerprint density at radius 2 is 1.90 bits per heavy atom. The van der Waals surface area contributed by atoms with E-state index in [1.807, 2.05) is 0 Å². The van der Waals surface area contributed by atoms with E-state index in [4.69, 9.17) is 14.8 Å². The number of rotatable bonds is 2. The van der Waals surface area contributed by atoms with E-state index in [1.54, 1.807) is 48.5 Å². The molecule has 3 rings (SSSR count). The van der Waals surface area contributed by atoms with Gasteiger partial charge < -0.3 is 9.57 Å². The summed E-state index contributed by atoms with van der Waals surface area (Å²) in [6.07, 6.45) is 3.08. The van der Waals surface area contributed by atoms with Crippen LogP contribution in [0.15, 0.2) is 48.7 Å². The van der Waals surface area contributed by atoms with Gasteiger partial charge in [-0.2, -0.15) is 5.26 Å². The first-order valence-corrected chi connectivity index (χ1v) is 5.91.